The topological polar surface area (TPSA) is 113 Å². The first-order valence-electron chi connectivity index (χ1n) is 7.97. The van der Waals surface area contributed by atoms with E-state index in [0.717, 1.165) is 12.3 Å². The normalized spacial score (nSPS) is 12.1. The second-order valence-electron chi connectivity index (χ2n) is 6.35. The van der Waals surface area contributed by atoms with Crippen molar-refractivity contribution in [1.82, 2.24) is 9.55 Å². The largest absolute Gasteiger partial charge is 0.417 e. The molecule has 0 bridgehead atoms. The van der Waals surface area contributed by atoms with E-state index >= 15 is 0 Å². The number of sulfone groups is 1. The zero-order valence-corrected chi connectivity index (χ0v) is 15.6. The van der Waals surface area contributed by atoms with E-state index in [0.29, 0.717) is 10.6 Å². The number of aromatic amines is 1. The Bertz CT molecular complexity index is 1380. The van der Waals surface area contributed by atoms with Crippen molar-refractivity contribution in [3.8, 4) is 17.2 Å². The highest BCUT2D eigenvalue weighted by atomic mass is 32.2. The fourth-order valence-electron chi connectivity index (χ4n) is 2.85. The Hall–Kier alpha value is -3.39. The first-order valence-corrected chi connectivity index (χ1v) is 10.0. The Morgan fingerprint density at radius 3 is 2.28 bits per heavy atom. The summed E-state index contributed by atoms with van der Waals surface area (Å²) in [6.07, 6.45) is -3.98. The van der Waals surface area contributed by atoms with Crippen LogP contribution in [0.3, 0.4) is 0 Å². The molecule has 0 aliphatic heterocycles. The number of hydrogen-bond acceptors (Lipinski definition) is 5. The third kappa shape index (κ3) is 4.07. The van der Waals surface area contributed by atoms with Crippen LogP contribution < -0.4 is 11.2 Å². The van der Waals surface area contributed by atoms with Crippen molar-refractivity contribution in [2.24, 2.45) is 0 Å². The van der Waals surface area contributed by atoms with Gasteiger partial charge in [-0.1, -0.05) is 12.1 Å². The Labute approximate surface area is 161 Å². The third-order valence-corrected chi connectivity index (χ3v) is 4.84. The average Bonchev–Trinajstić information content (AvgIpc) is 2.63. The Morgan fingerprint density at radius 1 is 1.14 bits per heavy atom. The van der Waals surface area contributed by atoms with Crippen molar-refractivity contribution < 1.29 is 21.6 Å². The van der Waals surface area contributed by atoms with E-state index in [4.69, 9.17) is 5.26 Å². The summed E-state index contributed by atoms with van der Waals surface area (Å²) in [5.74, 6) is -0.912. The molecule has 0 aliphatic rings. The quantitative estimate of drug-likeness (QED) is 0.694. The van der Waals surface area contributed by atoms with Crippen LogP contribution in [0, 0.1) is 11.3 Å². The molecular weight excluding hydrogens is 411 g/mol. The van der Waals surface area contributed by atoms with Crippen molar-refractivity contribution >= 4 is 20.7 Å². The van der Waals surface area contributed by atoms with Crippen LogP contribution in [-0.4, -0.2) is 24.2 Å². The molecule has 0 fully saturated rings. The van der Waals surface area contributed by atoms with Crippen LogP contribution >= 0.6 is 0 Å². The average molecular weight is 423 g/mol. The van der Waals surface area contributed by atoms with E-state index in [-0.39, 0.29) is 27.6 Å². The molecule has 0 atom stereocenters. The predicted octanol–water partition coefficient (Wildman–Crippen LogP) is 2.25. The molecule has 0 unspecified atom stereocenters. The summed E-state index contributed by atoms with van der Waals surface area (Å²) >= 11 is 0. The van der Waals surface area contributed by atoms with E-state index in [1.807, 2.05) is 6.07 Å². The molecule has 0 saturated carbocycles. The van der Waals surface area contributed by atoms with Crippen LogP contribution in [0.1, 0.15) is 11.1 Å². The SMILES string of the molecule is CS(=O)(=O)Cn1c(=O)[nH]c2cc(C(F)(F)F)c(-c3ccc(C#N)cc3)cc2c1=O. The minimum absolute atomic E-state index is 0.0958. The molecule has 1 aromatic heterocycles. The van der Waals surface area contributed by atoms with Gasteiger partial charge in [0, 0.05) is 6.26 Å². The summed E-state index contributed by atoms with van der Waals surface area (Å²) in [5, 5.41) is 8.58. The molecule has 3 rings (SSSR count). The summed E-state index contributed by atoms with van der Waals surface area (Å²) in [6, 6.07) is 8.70. The van der Waals surface area contributed by atoms with Crippen LogP contribution in [0.15, 0.2) is 46.0 Å². The number of alkyl halides is 3. The van der Waals surface area contributed by atoms with Crippen molar-refractivity contribution in [3.63, 3.8) is 0 Å². The van der Waals surface area contributed by atoms with Gasteiger partial charge in [0.05, 0.1) is 28.1 Å². The highest BCUT2D eigenvalue weighted by Gasteiger charge is 2.34. The highest BCUT2D eigenvalue weighted by Crippen LogP contribution is 2.38. The van der Waals surface area contributed by atoms with Gasteiger partial charge in [0.15, 0.2) is 9.84 Å². The highest BCUT2D eigenvalue weighted by molar-refractivity contribution is 7.89. The van der Waals surface area contributed by atoms with Crippen LogP contribution in [0.2, 0.25) is 0 Å². The molecule has 1 heterocycles. The number of nitrogens with zero attached hydrogens (tertiary/aromatic N) is 2. The lowest BCUT2D eigenvalue weighted by Gasteiger charge is -2.15. The van der Waals surface area contributed by atoms with Crippen LogP contribution in [0.5, 0.6) is 0 Å². The van der Waals surface area contributed by atoms with Gasteiger partial charge in [-0.3, -0.25) is 4.79 Å². The fourth-order valence-corrected chi connectivity index (χ4v) is 3.55. The first kappa shape index (κ1) is 20.3. The Morgan fingerprint density at radius 2 is 1.76 bits per heavy atom. The van der Waals surface area contributed by atoms with E-state index in [1.165, 1.54) is 24.3 Å². The zero-order chi connectivity index (χ0) is 21.6. The summed E-state index contributed by atoms with van der Waals surface area (Å²) in [5.41, 5.74) is -3.63. The number of nitriles is 1. The van der Waals surface area contributed by atoms with Crippen LogP contribution in [0.4, 0.5) is 13.2 Å². The Kier molecular flexibility index (Phi) is 4.84. The van der Waals surface area contributed by atoms with Gasteiger partial charge in [-0.15, -0.1) is 0 Å². The number of hydrogen-bond donors (Lipinski definition) is 1. The number of nitrogens with one attached hydrogen (secondary N) is 1. The van der Waals surface area contributed by atoms with Gasteiger partial charge in [0.1, 0.15) is 5.88 Å². The number of H-pyrrole nitrogens is 1. The Balaban J connectivity index is 2.38. The molecule has 11 heteroatoms. The molecule has 150 valence electrons. The van der Waals surface area contributed by atoms with E-state index in [2.05, 4.69) is 4.98 Å². The number of aromatic nitrogens is 2. The van der Waals surface area contributed by atoms with Gasteiger partial charge in [0.2, 0.25) is 0 Å². The fraction of sp³-hybridized carbons (Fsp3) is 0.167. The van der Waals surface area contributed by atoms with Crippen molar-refractivity contribution in [2.45, 2.75) is 12.1 Å². The van der Waals surface area contributed by atoms with Crippen LogP contribution in [-0.2, 0) is 21.9 Å². The van der Waals surface area contributed by atoms with Crippen molar-refractivity contribution in [2.75, 3.05) is 6.26 Å². The van der Waals surface area contributed by atoms with Gasteiger partial charge in [-0.25, -0.2) is 17.8 Å². The second kappa shape index (κ2) is 6.89. The minimum atomic E-state index is -4.80. The summed E-state index contributed by atoms with van der Waals surface area (Å²) in [4.78, 5) is 26.8. The number of fused-ring (bicyclic) bond motifs is 1. The number of benzene rings is 2. The maximum atomic E-state index is 13.6. The molecule has 29 heavy (non-hydrogen) atoms. The molecule has 1 N–H and O–H groups in total. The standard InChI is InChI=1S/C18H12F3N3O4S/c1-29(27,28)9-24-16(25)13-6-12(11-4-2-10(8-22)3-5-11)14(18(19,20)21)7-15(13)23-17(24)26/h2-7H,9H2,1H3,(H,23,26). The van der Waals surface area contributed by atoms with Gasteiger partial charge in [0.25, 0.3) is 5.56 Å². The summed E-state index contributed by atoms with van der Waals surface area (Å²) in [7, 11) is -3.76. The molecular formula is C18H12F3N3O4S. The lowest BCUT2D eigenvalue weighted by atomic mass is 9.96. The van der Waals surface area contributed by atoms with Crippen molar-refractivity contribution in [3.05, 3.63) is 68.4 Å². The lowest BCUT2D eigenvalue weighted by molar-refractivity contribution is -0.137. The number of rotatable bonds is 3. The summed E-state index contributed by atoms with van der Waals surface area (Å²) < 4.78 is 64.2. The van der Waals surface area contributed by atoms with Gasteiger partial charge in [-0.2, -0.15) is 18.4 Å². The van der Waals surface area contributed by atoms with Crippen molar-refractivity contribution in [1.29, 1.82) is 5.26 Å². The van der Waals surface area contributed by atoms with Gasteiger partial charge >= 0.3 is 11.9 Å². The van der Waals surface area contributed by atoms with E-state index in [1.54, 1.807) is 0 Å². The molecule has 0 radical (unpaired) electrons. The molecule has 0 aliphatic carbocycles. The molecule has 7 nitrogen and oxygen atoms in total. The number of halogens is 3. The maximum absolute atomic E-state index is 13.6. The smallest absolute Gasteiger partial charge is 0.307 e. The minimum Gasteiger partial charge on any atom is -0.307 e. The third-order valence-electron chi connectivity index (χ3n) is 4.11. The monoisotopic (exact) mass is 423 g/mol. The van der Waals surface area contributed by atoms with E-state index < -0.39 is 38.7 Å². The predicted molar refractivity (Wildman–Crippen MR) is 98.8 cm³/mol. The molecule has 0 amide bonds. The molecule has 2 aromatic carbocycles. The molecule has 0 saturated heterocycles. The first-order chi connectivity index (χ1) is 13.4. The molecule has 3 aromatic rings. The zero-order valence-electron chi connectivity index (χ0n) is 14.7. The maximum Gasteiger partial charge on any atom is 0.417 e. The van der Waals surface area contributed by atoms with Gasteiger partial charge in [-0.05, 0) is 35.4 Å². The van der Waals surface area contributed by atoms with E-state index in [9.17, 15) is 31.2 Å². The van der Waals surface area contributed by atoms with Crippen LogP contribution in [0.25, 0.3) is 22.0 Å². The van der Waals surface area contributed by atoms with Gasteiger partial charge < -0.3 is 4.98 Å². The summed E-state index contributed by atoms with van der Waals surface area (Å²) in [6.45, 7) is 0. The second-order valence-corrected chi connectivity index (χ2v) is 8.46. The lowest BCUT2D eigenvalue weighted by Crippen LogP contribution is -2.37. The molecule has 0 spiro atoms.